The fourth-order valence-corrected chi connectivity index (χ4v) is 4.15. The number of halogens is 1. The van der Waals surface area contributed by atoms with Gasteiger partial charge in [0.2, 0.25) is 0 Å². The van der Waals surface area contributed by atoms with E-state index < -0.39 is 0 Å². The Bertz CT molecular complexity index is 1050. The molecule has 23 heavy (non-hydrogen) atoms. The molecule has 0 bridgehead atoms. The lowest BCUT2D eigenvalue weighted by Gasteiger charge is -2.02. The average Bonchev–Trinajstić information content (AvgIpc) is 3.09. The van der Waals surface area contributed by atoms with E-state index in [1.54, 1.807) is 23.0 Å². The van der Waals surface area contributed by atoms with Gasteiger partial charge in [-0.1, -0.05) is 17.7 Å². The van der Waals surface area contributed by atoms with Gasteiger partial charge in [-0.15, -0.1) is 11.3 Å². The lowest BCUT2D eigenvalue weighted by atomic mass is 10.1. The Morgan fingerprint density at radius 3 is 2.87 bits per heavy atom. The van der Waals surface area contributed by atoms with Crippen LogP contribution in [0, 0.1) is 6.92 Å². The Hall–Kier alpha value is -2.31. The number of aromatic nitrogens is 3. The Labute approximate surface area is 141 Å². The Balaban J connectivity index is 2.04. The molecule has 3 heterocycles. The van der Waals surface area contributed by atoms with Gasteiger partial charge in [0.25, 0.3) is 0 Å². The molecule has 0 aliphatic heterocycles. The molecule has 2 N–H and O–H groups in total. The first-order valence-corrected chi connectivity index (χ1v) is 8.14. The number of hydrogen-bond donors (Lipinski definition) is 1. The summed E-state index contributed by atoms with van der Waals surface area (Å²) < 4.78 is 8.20. The van der Waals surface area contributed by atoms with Crippen LogP contribution in [0.1, 0.15) is 5.56 Å². The quantitative estimate of drug-likeness (QED) is 0.593. The third kappa shape index (κ3) is 2.14. The van der Waals surface area contributed by atoms with E-state index in [0.29, 0.717) is 11.0 Å². The highest BCUT2D eigenvalue weighted by Gasteiger charge is 2.17. The molecule has 4 aromatic rings. The molecule has 0 aliphatic rings. The number of anilines is 1. The van der Waals surface area contributed by atoms with Gasteiger partial charge in [-0.25, -0.2) is 9.50 Å². The maximum absolute atomic E-state index is 6.28. The minimum absolute atomic E-state index is 0.405. The summed E-state index contributed by atoms with van der Waals surface area (Å²) in [6, 6.07) is 8.15. The molecular weight excluding hydrogens is 332 g/mol. The van der Waals surface area contributed by atoms with E-state index >= 15 is 0 Å². The Kier molecular flexibility index (Phi) is 3.18. The first kappa shape index (κ1) is 14.3. The lowest BCUT2D eigenvalue weighted by Crippen LogP contribution is -1.98. The Morgan fingerprint density at radius 1 is 1.26 bits per heavy atom. The molecule has 7 heteroatoms. The second kappa shape index (κ2) is 5.11. The lowest BCUT2D eigenvalue weighted by molar-refractivity contribution is 0.420. The molecule has 0 atom stereocenters. The normalized spacial score (nSPS) is 11.4. The second-order valence-corrected chi connectivity index (χ2v) is 6.72. The first-order valence-electron chi connectivity index (χ1n) is 6.94. The first-order chi connectivity index (χ1) is 11.1. The van der Waals surface area contributed by atoms with Gasteiger partial charge in [-0.2, -0.15) is 5.10 Å². The molecule has 0 saturated heterocycles. The molecule has 0 saturated carbocycles. The van der Waals surface area contributed by atoms with Crippen molar-refractivity contribution in [3.05, 3.63) is 41.3 Å². The van der Waals surface area contributed by atoms with Crippen molar-refractivity contribution in [3.63, 3.8) is 0 Å². The molecule has 0 spiro atoms. The van der Waals surface area contributed by atoms with Crippen molar-refractivity contribution >= 4 is 44.4 Å². The maximum Gasteiger partial charge on any atom is 0.152 e. The zero-order valence-corrected chi connectivity index (χ0v) is 14.1. The van der Waals surface area contributed by atoms with E-state index in [2.05, 4.69) is 29.1 Å². The van der Waals surface area contributed by atoms with E-state index in [1.165, 1.54) is 6.33 Å². The fourth-order valence-electron chi connectivity index (χ4n) is 2.77. The zero-order chi connectivity index (χ0) is 16.1. The number of methoxy groups -OCH3 is 1. The van der Waals surface area contributed by atoms with Crippen molar-refractivity contribution in [2.75, 3.05) is 12.8 Å². The van der Waals surface area contributed by atoms with Crippen LogP contribution in [-0.4, -0.2) is 21.7 Å². The number of thiophene rings is 1. The van der Waals surface area contributed by atoms with Gasteiger partial charge in [0.1, 0.15) is 22.7 Å². The molecule has 5 nitrogen and oxygen atoms in total. The molecule has 4 rings (SSSR count). The van der Waals surface area contributed by atoms with Crippen molar-refractivity contribution in [1.29, 1.82) is 0 Å². The van der Waals surface area contributed by atoms with Crippen LogP contribution >= 0.6 is 22.9 Å². The van der Waals surface area contributed by atoms with E-state index in [4.69, 9.17) is 22.1 Å². The van der Waals surface area contributed by atoms with Crippen LogP contribution in [0.25, 0.3) is 26.0 Å². The van der Waals surface area contributed by atoms with Gasteiger partial charge < -0.3 is 10.5 Å². The minimum Gasteiger partial charge on any atom is -0.495 e. The van der Waals surface area contributed by atoms with Gasteiger partial charge in [-0.3, -0.25) is 0 Å². The number of ether oxygens (including phenoxy) is 1. The molecule has 3 aromatic heterocycles. The summed E-state index contributed by atoms with van der Waals surface area (Å²) in [4.78, 5) is 5.13. The molecule has 1 aromatic carbocycles. The van der Waals surface area contributed by atoms with Gasteiger partial charge in [0.05, 0.1) is 11.8 Å². The summed E-state index contributed by atoms with van der Waals surface area (Å²) in [7, 11) is 1.68. The third-order valence-corrected chi connectivity index (χ3v) is 5.22. The van der Waals surface area contributed by atoms with Crippen LogP contribution in [0.5, 0.6) is 5.75 Å². The monoisotopic (exact) mass is 344 g/mol. The van der Waals surface area contributed by atoms with Gasteiger partial charge >= 0.3 is 0 Å². The van der Waals surface area contributed by atoms with Crippen LogP contribution in [0.3, 0.4) is 0 Å². The third-order valence-electron chi connectivity index (χ3n) is 3.75. The number of benzene rings is 1. The molecule has 0 fully saturated rings. The van der Waals surface area contributed by atoms with Crippen molar-refractivity contribution in [2.24, 2.45) is 0 Å². The van der Waals surface area contributed by atoms with Crippen molar-refractivity contribution in [2.45, 2.75) is 6.92 Å². The van der Waals surface area contributed by atoms with E-state index in [9.17, 15) is 0 Å². The van der Waals surface area contributed by atoms with Crippen LogP contribution < -0.4 is 10.5 Å². The highest BCUT2D eigenvalue weighted by atomic mass is 35.5. The van der Waals surface area contributed by atoms with E-state index in [1.807, 2.05) is 12.1 Å². The number of nitrogens with two attached hydrogens (primary N) is 1. The second-order valence-electron chi connectivity index (χ2n) is 5.28. The molecule has 0 amide bonds. The zero-order valence-electron chi connectivity index (χ0n) is 12.5. The van der Waals surface area contributed by atoms with Crippen LogP contribution in [-0.2, 0) is 0 Å². The van der Waals surface area contributed by atoms with Crippen molar-refractivity contribution in [3.8, 4) is 16.2 Å². The van der Waals surface area contributed by atoms with Crippen LogP contribution in [0.4, 0.5) is 5.82 Å². The molecule has 116 valence electrons. The standard InChI is InChI=1S/C16H13ClN4OS/c1-8-3-9-5-12(23-15(9)11(4-8)22-2)10-6-13(17)21-14(10)16(18)19-7-20-21/h3-7H,1-2H3,(H2,18,19,20). The predicted molar refractivity (Wildman–Crippen MR) is 94.5 cm³/mol. The van der Waals surface area contributed by atoms with Gasteiger partial charge in [-0.05, 0) is 36.1 Å². The van der Waals surface area contributed by atoms with Crippen LogP contribution in [0.15, 0.2) is 30.6 Å². The minimum atomic E-state index is 0.405. The SMILES string of the molecule is COc1cc(C)cc2cc(-c3cc(Cl)n4ncnc(N)c34)sc12. The summed E-state index contributed by atoms with van der Waals surface area (Å²) in [6.45, 7) is 2.05. The predicted octanol–water partition coefficient (Wildman–Crippen LogP) is 4.16. The largest absolute Gasteiger partial charge is 0.495 e. The van der Waals surface area contributed by atoms with E-state index in [-0.39, 0.29) is 0 Å². The summed E-state index contributed by atoms with van der Waals surface area (Å²) in [5.41, 5.74) is 8.83. The summed E-state index contributed by atoms with van der Waals surface area (Å²) in [5, 5.41) is 5.80. The molecule has 0 radical (unpaired) electrons. The molecule has 0 unspecified atom stereocenters. The number of nitrogens with zero attached hydrogens (tertiary/aromatic N) is 3. The molecular formula is C16H13ClN4OS. The number of nitrogen functional groups attached to an aromatic ring is 1. The summed E-state index contributed by atoms with van der Waals surface area (Å²) in [5.74, 6) is 1.28. The number of fused-ring (bicyclic) bond motifs is 2. The molecule has 0 aliphatic carbocycles. The van der Waals surface area contributed by atoms with Crippen molar-refractivity contribution in [1.82, 2.24) is 14.6 Å². The summed E-state index contributed by atoms with van der Waals surface area (Å²) >= 11 is 7.92. The van der Waals surface area contributed by atoms with Gasteiger partial charge in [0, 0.05) is 10.4 Å². The number of aryl methyl sites for hydroxylation is 1. The smallest absolute Gasteiger partial charge is 0.152 e. The highest BCUT2D eigenvalue weighted by Crippen LogP contribution is 2.42. The number of hydrogen-bond acceptors (Lipinski definition) is 5. The topological polar surface area (TPSA) is 65.4 Å². The summed E-state index contributed by atoms with van der Waals surface area (Å²) in [6.07, 6.45) is 1.40. The van der Waals surface area contributed by atoms with Gasteiger partial charge in [0.15, 0.2) is 5.82 Å². The van der Waals surface area contributed by atoms with Crippen molar-refractivity contribution < 1.29 is 4.74 Å². The average molecular weight is 345 g/mol. The highest BCUT2D eigenvalue weighted by molar-refractivity contribution is 7.22. The van der Waals surface area contributed by atoms with Crippen LogP contribution in [0.2, 0.25) is 5.15 Å². The maximum atomic E-state index is 6.28. The number of rotatable bonds is 2. The fraction of sp³-hybridized carbons (Fsp3) is 0.125. The van der Waals surface area contributed by atoms with E-state index in [0.717, 1.165) is 37.4 Å². The Morgan fingerprint density at radius 2 is 2.09 bits per heavy atom.